The molecule has 0 saturated carbocycles. The van der Waals surface area contributed by atoms with Gasteiger partial charge >= 0.3 is 0 Å². The van der Waals surface area contributed by atoms with Gasteiger partial charge in [0.15, 0.2) is 5.96 Å². The fourth-order valence-electron chi connectivity index (χ4n) is 3.42. The first-order valence-electron chi connectivity index (χ1n) is 9.60. The highest BCUT2D eigenvalue weighted by Gasteiger charge is 2.21. The molecule has 3 rings (SSSR count). The number of guanidine groups is 1. The molecule has 2 saturated heterocycles. The van der Waals surface area contributed by atoms with Crippen LogP contribution in [-0.4, -0.2) is 87.9 Å². The molecular formula is C19H31ClIN5O. The number of nitrogens with one attached hydrogen (secondary N) is 1. The lowest BCUT2D eigenvalue weighted by atomic mass is 10.2. The average Bonchev–Trinajstić information content (AvgIpc) is 2.69. The summed E-state index contributed by atoms with van der Waals surface area (Å²) in [4.78, 5) is 12.0. The monoisotopic (exact) mass is 507 g/mol. The number of nitrogens with zero attached hydrogens (tertiary/aromatic N) is 4. The Labute approximate surface area is 184 Å². The van der Waals surface area contributed by atoms with Crippen LogP contribution in [0, 0.1) is 0 Å². The number of aliphatic imine (C=N–C) groups is 1. The van der Waals surface area contributed by atoms with E-state index in [-0.39, 0.29) is 24.0 Å². The second-order valence-corrected chi connectivity index (χ2v) is 7.02. The van der Waals surface area contributed by atoms with E-state index in [4.69, 9.17) is 21.3 Å². The van der Waals surface area contributed by atoms with Crippen molar-refractivity contribution in [3.8, 4) is 0 Å². The summed E-state index contributed by atoms with van der Waals surface area (Å²) in [7, 11) is 0. The van der Waals surface area contributed by atoms with E-state index in [1.165, 1.54) is 0 Å². The van der Waals surface area contributed by atoms with Crippen molar-refractivity contribution in [1.29, 1.82) is 0 Å². The fraction of sp³-hybridized carbons (Fsp3) is 0.632. The molecule has 2 heterocycles. The number of para-hydroxylation sites is 1. The van der Waals surface area contributed by atoms with Gasteiger partial charge in [0.05, 0.1) is 30.5 Å². The third-order valence-electron chi connectivity index (χ3n) is 4.89. The highest BCUT2D eigenvalue weighted by molar-refractivity contribution is 14.0. The van der Waals surface area contributed by atoms with E-state index >= 15 is 0 Å². The van der Waals surface area contributed by atoms with Crippen LogP contribution in [0.4, 0.5) is 5.69 Å². The summed E-state index contributed by atoms with van der Waals surface area (Å²) in [6.07, 6.45) is 0. The topological polar surface area (TPSA) is 43.3 Å². The first-order valence-corrected chi connectivity index (χ1v) is 9.98. The second-order valence-electron chi connectivity index (χ2n) is 6.62. The van der Waals surface area contributed by atoms with E-state index in [1.54, 1.807) is 0 Å². The first kappa shape index (κ1) is 22.5. The first-order chi connectivity index (χ1) is 12.8. The van der Waals surface area contributed by atoms with E-state index < -0.39 is 0 Å². The van der Waals surface area contributed by atoms with Gasteiger partial charge in [0.1, 0.15) is 0 Å². The Hall–Kier alpha value is -0.770. The predicted molar refractivity (Wildman–Crippen MR) is 124 cm³/mol. The Morgan fingerprint density at radius 1 is 1.11 bits per heavy atom. The number of piperazine rings is 1. The van der Waals surface area contributed by atoms with Crippen molar-refractivity contribution < 1.29 is 4.74 Å². The second kappa shape index (κ2) is 11.9. The molecule has 0 aliphatic carbocycles. The van der Waals surface area contributed by atoms with Crippen LogP contribution in [0.3, 0.4) is 0 Å². The lowest BCUT2D eigenvalue weighted by molar-refractivity contribution is 0.0394. The molecule has 0 atom stereocenters. The maximum absolute atomic E-state index is 6.34. The van der Waals surface area contributed by atoms with Crippen LogP contribution < -0.4 is 10.2 Å². The molecule has 1 aromatic rings. The van der Waals surface area contributed by atoms with Crippen molar-refractivity contribution >= 4 is 47.2 Å². The maximum Gasteiger partial charge on any atom is 0.194 e. The average molecular weight is 508 g/mol. The number of morpholine rings is 1. The summed E-state index contributed by atoms with van der Waals surface area (Å²) in [5, 5.41) is 4.27. The minimum atomic E-state index is 0. The van der Waals surface area contributed by atoms with E-state index in [1.807, 2.05) is 18.2 Å². The molecule has 8 heteroatoms. The van der Waals surface area contributed by atoms with Gasteiger partial charge in [0, 0.05) is 52.4 Å². The minimum Gasteiger partial charge on any atom is -0.379 e. The molecule has 0 unspecified atom stereocenters. The van der Waals surface area contributed by atoms with Gasteiger partial charge in [-0.3, -0.25) is 9.89 Å². The highest BCUT2D eigenvalue weighted by atomic mass is 127. The molecule has 6 nitrogen and oxygen atoms in total. The van der Waals surface area contributed by atoms with Crippen molar-refractivity contribution in [1.82, 2.24) is 15.1 Å². The van der Waals surface area contributed by atoms with Crippen LogP contribution >= 0.6 is 35.6 Å². The molecule has 2 aliphatic rings. The predicted octanol–water partition coefficient (Wildman–Crippen LogP) is 2.38. The minimum absolute atomic E-state index is 0. The van der Waals surface area contributed by atoms with Crippen LogP contribution in [-0.2, 0) is 4.74 Å². The fourth-order valence-corrected chi connectivity index (χ4v) is 3.67. The molecule has 0 radical (unpaired) electrons. The Kier molecular flexibility index (Phi) is 9.95. The van der Waals surface area contributed by atoms with Gasteiger partial charge < -0.3 is 19.9 Å². The van der Waals surface area contributed by atoms with Gasteiger partial charge in [-0.15, -0.1) is 24.0 Å². The maximum atomic E-state index is 6.34. The summed E-state index contributed by atoms with van der Waals surface area (Å²) in [6, 6.07) is 8.08. The third-order valence-corrected chi connectivity index (χ3v) is 5.21. The van der Waals surface area contributed by atoms with Crippen LogP contribution in [0.1, 0.15) is 6.92 Å². The van der Waals surface area contributed by atoms with Crippen molar-refractivity contribution in [2.24, 2.45) is 4.99 Å². The quantitative estimate of drug-likeness (QED) is 0.377. The summed E-state index contributed by atoms with van der Waals surface area (Å²) >= 11 is 6.34. The number of rotatable bonds is 5. The number of hydrogen-bond donors (Lipinski definition) is 1. The zero-order valence-corrected chi connectivity index (χ0v) is 19.2. The number of ether oxygens (including phenoxy) is 1. The van der Waals surface area contributed by atoms with Gasteiger partial charge in [-0.1, -0.05) is 23.7 Å². The molecule has 0 bridgehead atoms. The number of halogens is 2. The highest BCUT2D eigenvalue weighted by Crippen LogP contribution is 2.25. The Bertz CT molecular complexity index is 589. The van der Waals surface area contributed by atoms with Gasteiger partial charge in [-0.2, -0.15) is 0 Å². The smallest absolute Gasteiger partial charge is 0.194 e. The Balaban J connectivity index is 0.00000261. The van der Waals surface area contributed by atoms with Gasteiger partial charge in [-0.05, 0) is 19.1 Å². The normalized spacial score (nSPS) is 19.0. The van der Waals surface area contributed by atoms with E-state index in [9.17, 15) is 0 Å². The number of anilines is 1. The largest absolute Gasteiger partial charge is 0.379 e. The van der Waals surface area contributed by atoms with Crippen molar-refractivity contribution in [2.75, 3.05) is 77.0 Å². The Morgan fingerprint density at radius 3 is 2.48 bits per heavy atom. The standard InChI is InChI=1S/C19H30ClN5O.HI/c1-2-21-19(22-7-8-23-13-15-26-16-14-23)25-11-9-24(10-12-25)18-6-4-3-5-17(18)20;/h3-6H,2,7-16H2,1H3,(H,21,22);1H. The molecular weight excluding hydrogens is 477 g/mol. The van der Waals surface area contributed by atoms with E-state index in [2.05, 4.69) is 33.0 Å². The lowest BCUT2D eigenvalue weighted by Crippen LogP contribution is -2.52. The van der Waals surface area contributed by atoms with Crippen LogP contribution in [0.15, 0.2) is 29.3 Å². The van der Waals surface area contributed by atoms with Crippen molar-refractivity contribution in [3.63, 3.8) is 0 Å². The zero-order valence-electron chi connectivity index (χ0n) is 16.1. The molecule has 2 aliphatic heterocycles. The van der Waals surface area contributed by atoms with Crippen molar-refractivity contribution in [3.05, 3.63) is 29.3 Å². The van der Waals surface area contributed by atoms with Gasteiger partial charge in [0.25, 0.3) is 0 Å². The molecule has 0 aromatic heterocycles. The van der Waals surface area contributed by atoms with Crippen LogP contribution in [0.2, 0.25) is 5.02 Å². The molecule has 27 heavy (non-hydrogen) atoms. The zero-order chi connectivity index (χ0) is 18.2. The molecule has 152 valence electrons. The van der Waals surface area contributed by atoms with Crippen LogP contribution in [0.5, 0.6) is 0 Å². The lowest BCUT2D eigenvalue weighted by Gasteiger charge is -2.38. The van der Waals surface area contributed by atoms with E-state index in [0.29, 0.717) is 0 Å². The molecule has 2 fully saturated rings. The SMILES string of the molecule is CCNC(=NCCN1CCOCC1)N1CCN(c2ccccc2Cl)CC1.I. The van der Waals surface area contributed by atoms with E-state index in [0.717, 1.165) is 88.8 Å². The number of benzene rings is 1. The molecule has 0 spiro atoms. The molecule has 0 amide bonds. The summed E-state index contributed by atoms with van der Waals surface area (Å²) in [6.45, 7) is 12.4. The van der Waals surface area contributed by atoms with Crippen LogP contribution in [0.25, 0.3) is 0 Å². The molecule has 1 aromatic carbocycles. The summed E-state index contributed by atoms with van der Waals surface area (Å²) < 4.78 is 5.40. The number of hydrogen-bond acceptors (Lipinski definition) is 4. The van der Waals surface area contributed by atoms with Gasteiger partial charge in [0.2, 0.25) is 0 Å². The summed E-state index contributed by atoms with van der Waals surface area (Å²) in [5.41, 5.74) is 1.13. The summed E-state index contributed by atoms with van der Waals surface area (Å²) in [5.74, 6) is 1.03. The third kappa shape index (κ3) is 6.66. The van der Waals surface area contributed by atoms with Gasteiger partial charge in [-0.25, -0.2) is 0 Å². The molecule has 1 N–H and O–H groups in total. The van der Waals surface area contributed by atoms with Crippen molar-refractivity contribution in [2.45, 2.75) is 6.92 Å². The Morgan fingerprint density at radius 2 is 1.81 bits per heavy atom.